The zero-order chi connectivity index (χ0) is 11.6. The lowest BCUT2D eigenvalue weighted by Crippen LogP contribution is -2.32. The van der Waals surface area contributed by atoms with Gasteiger partial charge in [-0.1, -0.05) is 33.6 Å². The van der Waals surface area contributed by atoms with Gasteiger partial charge in [-0.05, 0) is 31.5 Å². The number of Topliss-reactive ketones (excluding diaryl/α,β-unsaturated/α-hetero) is 1. The highest BCUT2D eigenvalue weighted by Crippen LogP contribution is 2.23. The van der Waals surface area contributed by atoms with Gasteiger partial charge in [-0.3, -0.25) is 4.79 Å². The maximum Gasteiger partial charge on any atom is 0.168 e. The van der Waals surface area contributed by atoms with Crippen LogP contribution < -0.4 is 0 Å². The van der Waals surface area contributed by atoms with Crippen LogP contribution in [0.2, 0.25) is 5.02 Å². The molecule has 82 valence electrons. The molecule has 1 aromatic carbocycles. The number of carbonyl (C=O) groups excluding carboxylic acids is 1. The Kier molecular flexibility index (Phi) is 3.93. The van der Waals surface area contributed by atoms with Gasteiger partial charge in [-0.2, -0.15) is 0 Å². The second-order valence-electron chi connectivity index (χ2n) is 3.89. The van der Waals surface area contributed by atoms with Crippen LogP contribution in [0, 0.1) is 0 Å². The second-order valence-corrected chi connectivity index (χ2v) is 5.22. The lowest BCUT2D eigenvalue weighted by molar-refractivity contribution is -0.133. The number of hydrogen-bond acceptors (Lipinski definition) is 2. The van der Waals surface area contributed by atoms with E-state index in [1.807, 2.05) is 6.07 Å². The molecule has 0 fully saturated rings. The number of hydrogen-bond donors (Lipinski definition) is 1. The summed E-state index contributed by atoms with van der Waals surface area (Å²) < 4.78 is 0.868. The summed E-state index contributed by atoms with van der Waals surface area (Å²) in [7, 11) is 0. The van der Waals surface area contributed by atoms with Crippen molar-refractivity contribution in [3.05, 3.63) is 33.3 Å². The summed E-state index contributed by atoms with van der Waals surface area (Å²) in [6.07, 6.45) is 0.148. The van der Waals surface area contributed by atoms with E-state index >= 15 is 0 Å². The summed E-state index contributed by atoms with van der Waals surface area (Å²) in [4.78, 5) is 11.6. The maximum atomic E-state index is 11.6. The normalized spacial score (nSPS) is 11.5. The summed E-state index contributed by atoms with van der Waals surface area (Å²) in [5.74, 6) is -0.244. The van der Waals surface area contributed by atoms with Crippen molar-refractivity contribution in [2.75, 3.05) is 0 Å². The quantitative estimate of drug-likeness (QED) is 0.929. The molecular formula is C11H12BrClO2. The molecule has 0 heterocycles. The molecule has 0 aliphatic heterocycles. The molecule has 0 aliphatic carbocycles. The Morgan fingerprint density at radius 1 is 1.53 bits per heavy atom. The molecule has 4 heteroatoms. The van der Waals surface area contributed by atoms with Gasteiger partial charge in [-0.25, -0.2) is 0 Å². The summed E-state index contributed by atoms with van der Waals surface area (Å²) in [5, 5.41) is 10.0. The highest BCUT2D eigenvalue weighted by Gasteiger charge is 2.24. The lowest BCUT2D eigenvalue weighted by Gasteiger charge is -2.15. The van der Waals surface area contributed by atoms with Crippen LogP contribution in [0.1, 0.15) is 19.4 Å². The summed E-state index contributed by atoms with van der Waals surface area (Å²) >= 11 is 9.24. The van der Waals surface area contributed by atoms with E-state index in [1.165, 1.54) is 13.8 Å². The summed E-state index contributed by atoms with van der Waals surface area (Å²) in [5.41, 5.74) is -0.580. The third-order valence-corrected chi connectivity index (χ3v) is 2.89. The molecule has 0 radical (unpaired) electrons. The van der Waals surface area contributed by atoms with Crippen LogP contribution >= 0.6 is 27.5 Å². The van der Waals surface area contributed by atoms with Crippen molar-refractivity contribution < 1.29 is 9.90 Å². The molecule has 0 bridgehead atoms. The number of halogens is 2. The van der Waals surface area contributed by atoms with Crippen LogP contribution in [-0.4, -0.2) is 16.5 Å². The van der Waals surface area contributed by atoms with Crippen molar-refractivity contribution in [3.63, 3.8) is 0 Å². The standard InChI is InChI=1S/C11H12BrClO2/c1-11(2,15)10(14)5-7-3-4-8(12)6-9(7)13/h3-4,6,15H,5H2,1-2H3. The first-order chi connectivity index (χ1) is 6.80. The highest BCUT2D eigenvalue weighted by molar-refractivity contribution is 9.10. The van der Waals surface area contributed by atoms with Gasteiger partial charge in [0.15, 0.2) is 5.78 Å². The Labute approximate surface area is 102 Å². The first-order valence-electron chi connectivity index (χ1n) is 4.50. The van der Waals surface area contributed by atoms with Gasteiger partial charge in [0, 0.05) is 15.9 Å². The third kappa shape index (κ3) is 3.59. The Morgan fingerprint density at radius 3 is 2.60 bits per heavy atom. The van der Waals surface area contributed by atoms with Crippen LogP contribution in [0.4, 0.5) is 0 Å². The van der Waals surface area contributed by atoms with E-state index in [9.17, 15) is 9.90 Å². The molecule has 0 aromatic heterocycles. The first-order valence-corrected chi connectivity index (χ1v) is 5.67. The third-order valence-electron chi connectivity index (χ3n) is 2.05. The van der Waals surface area contributed by atoms with Crippen LogP contribution in [0.15, 0.2) is 22.7 Å². The average Bonchev–Trinajstić information content (AvgIpc) is 2.08. The predicted octanol–water partition coefficient (Wildman–Crippen LogP) is 2.99. The van der Waals surface area contributed by atoms with Crippen molar-refractivity contribution in [1.82, 2.24) is 0 Å². The molecule has 0 unspecified atom stereocenters. The summed E-state index contributed by atoms with van der Waals surface area (Å²) in [6.45, 7) is 2.95. The fraction of sp³-hybridized carbons (Fsp3) is 0.364. The Morgan fingerprint density at radius 2 is 2.13 bits per heavy atom. The van der Waals surface area contributed by atoms with E-state index in [0.717, 1.165) is 10.0 Å². The van der Waals surface area contributed by atoms with Crippen LogP contribution in [-0.2, 0) is 11.2 Å². The monoisotopic (exact) mass is 290 g/mol. The van der Waals surface area contributed by atoms with Crippen molar-refractivity contribution >= 4 is 33.3 Å². The Balaban J connectivity index is 2.87. The fourth-order valence-corrected chi connectivity index (χ4v) is 1.79. The Bertz CT molecular complexity index is 383. The zero-order valence-electron chi connectivity index (χ0n) is 8.55. The highest BCUT2D eigenvalue weighted by atomic mass is 79.9. The number of rotatable bonds is 3. The molecule has 0 saturated heterocycles. The zero-order valence-corrected chi connectivity index (χ0v) is 10.9. The number of ketones is 1. The van der Waals surface area contributed by atoms with Crippen molar-refractivity contribution in [2.24, 2.45) is 0 Å². The minimum absolute atomic E-state index is 0.148. The fourth-order valence-electron chi connectivity index (χ4n) is 1.05. The van der Waals surface area contributed by atoms with E-state index < -0.39 is 5.60 Å². The minimum atomic E-state index is -1.31. The van der Waals surface area contributed by atoms with Gasteiger partial charge >= 0.3 is 0 Å². The predicted molar refractivity (Wildman–Crippen MR) is 64.2 cm³/mol. The van der Waals surface area contributed by atoms with E-state index in [0.29, 0.717) is 5.02 Å². The molecule has 1 rings (SSSR count). The van der Waals surface area contributed by atoms with Gasteiger partial charge in [0.05, 0.1) is 0 Å². The van der Waals surface area contributed by atoms with Crippen LogP contribution in [0.3, 0.4) is 0 Å². The van der Waals surface area contributed by atoms with Gasteiger partial charge in [0.2, 0.25) is 0 Å². The smallest absolute Gasteiger partial charge is 0.168 e. The van der Waals surface area contributed by atoms with Gasteiger partial charge in [0.25, 0.3) is 0 Å². The maximum absolute atomic E-state index is 11.6. The molecule has 2 nitrogen and oxygen atoms in total. The molecule has 1 N–H and O–H groups in total. The molecule has 1 aromatic rings. The largest absolute Gasteiger partial charge is 0.383 e. The van der Waals surface area contributed by atoms with Crippen molar-refractivity contribution in [1.29, 1.82) is 0 Å². The molecule has 0 atom stereocenters. The van der Waals surface area contributed by atoms with E-state index in [4.69, 9.17) is 11.6 Å². The van der Waals surface area contributed by atoms with Crippen molar-refractivity contribution in [3.8, 4) is 0 Å². The van der Waals surface area contributed by atoms with Crippen molar-refractivity contribution in [2.45, 2.75) is 25.9 Å². The van der Waals surface area contributed by atoms with Gasteiger partial charge in [-0.15, -0.1) is 0 Å². The van der Waals surface area contributed by atoms with Gasteiger partial charge in [0.1, 0.15) is 5.60 Å². The molecule has 0 amide bonds. The molecule has 15 heavy (non-hydrogen) atoms. The van der Waals surface area contributed by atoms with E-state index in [2.05, 4.69) is 15.9 Å². The lowest BCUT2D eigenvalue weighted by atomic mass is 9.97. The molecule has 0 saturated carbocycles. The molecule has 0 aliphatic rings. The van der Waals surface area contributed by atoms with Crippen LogP contribution in [0.25, 0.3) is 0 Å². The summed E-state index contributed by atoms with van der Waals surface area (Å²) in [6, 6.07) is 5.32. The van der Waals surface area contributed by atoms with Crippen LogP contribution in [0.5, 0.6) is 0 Å². The average molecular weight is 292 g/mol. The minimum Gasteiger partial charge on any atom is -0.383 e. The molecule has 0 spiro atoms. The number of aliphatic hydroxyl groups is 1. The first kappa shape index (κ1) is 12.7. The molecular weight excluding hydrogens is 279 g/mol. The van der Waals surface area contributed by atoms with Gasteiger partial charge < -0.3 is 5.11 Å². The van der Waals surface area contributed by atoms with E-state index in [-0.39, 0.29) is 12.2 Å². The number of carbonyl (C=O) groups is 1. The van der Waals surface area contributed by atoms with E-state index in [1.54, 1.807) is 12.1 Å². The second kappa shape index (κ2) is 4.64. The Hall–Kier alpha value is -0.380. The number of benzene rings is 1. The topological polar surface area (TPSA) is 37.3 Å². The SMILES string of the molecule is CC(C)(O)C(=O)Cc1ccc(Br)cc1Cl.